The molecule has 0 aliphatic heterocycles. The van der Waals surface area contributed by atoms with Gasteiger partial charge >= 0.3 is 6.18 Å². The highest BCUT2D eigenvalue weighted by Crippen LogP contribution is 2.21. The van der Waals surface area contributed by atoms with Gasteiger partial charge in [-0.05, 0) is 10.8 Å². The summed E-state index contributed by atoms with van der Waals surface area (Å²) in [6.45, 7) is -2.09. The van der Waals surface area contributed by atoms with E-state index in [0.717, 1.165) is 11.6 Å². The molecule has 0 heterocycles. The summed E-state index contributed by atoms with van der Waals surface area (Å²) >= 11 is 0. The van der Waals surface area contributed by atoms with Crippen LogP contribution in [0.2, 0.25) is 0 Å². The Balaban J connectivity index is 2.18. The van der Waals surface area contributed by atoms with E-state index < -0.39 is 31.1 Å². The number of nitrogens with zero attached hydrogens (tertiary/aromatic N) is 1. The van der Waals surface area contributed by atoms with Crippen LogP contribution in [-0.2, 0) is 4.79 Å². The SMILES string of the molecule is O=C(CNC(=O)c1c(C=NO)ccc2ccccc12)NCC(F)(F)F. The number of alkyl halides is 3. The maximum atomic E-state index is 12.4. The molecule has 2 rings (SSSR count). The van der Waals surface area contributed by atoms with Crippen molar-refractivity contribution in [1.82, 2.24) is 10.6 Å². The van der Waals surface area contributed by atoms with Gasteiger partial charge in [0, 0.05) is 5.56 Å². The van der Waals surface area contributed by atoms with E-state index in [9.17, 15) is 22.8 Å². The number of carbonyl (C=O) groups excluding carboxylic acids is 2. The summed E-state index contributed by atoms with van der Waals surface area (Å²) in [6, 6.07) is 10.2. The first-order chi connectivity index (χ1) is 11.8. The van der Waals surface area contributed by atoms with E-state index in [1.54, 1.807) is 41.7 Å². The average molecular weight is 353 g/mol. The molecular formula is C16H14F3N3O3. The topological polar surface area (TPSA) is 90.8 Å². The molecule has 132 valence electrons. The second-order valence-corrected chi connectivity index (χ2v) is 5.07. The smallest absolute Gasteiger partial charge is 0.405 e. The minimum Gasteiger partial charge on any atom is -0.411 e. The third-order valence-corrected chi connectivity index (χ3v) is 3.28. The molecule has 0 spiro atoms. The van der Waals surface area contributed by atoms with Gasteiger partial charge in [-0.3, -0.25) is 9.59 Å². The first-order valence-corrected chi connectivity index (χ1v) is 7.12. The van der Waals surface area contributed by atoms with Crippen LogP contribution in [-0.4, -0.2) is 42.5 Å². The zero-order valence-electron chi connectivity index (χ0n) is 12.8. The lowest BCUT2D eigenvalue weighted by atomic mass is 9.99. The molecule has 0 fully saturated rings. The van der Waals surface area contributed by atoms with Crippen LogP contribution in [0.15, 0.2) is 41.6 Å². The Labute approximate surface area is 140 Å². The van der Waals surface area contributed by atoms with Crippen LogP contribution in [0.4, 0.5) is 13.2 Å². The summed E-state index contributed by atoms with van der Waals surface area (Å²) in [5.41, 5.74) is 0.453. The predicted octanol–water partition coefficient (Wildman–Crippen LogP) is 2.06. The first-order valence-electron chi connectivity index (χ1n) is 7.12. The summed E-state index contributed by atoms with van der Waals surface area (Å²) in [4.78, 5) is 23.8. The normalized spacial score (nSPS) is 11.6. The van der Waals surface area contributed by atoms with E-state index in [1.165, 1.54) is 0 Å². The van der Waals surface area contributed by atoms with Gasteiger partial charge in [0.1, 0.15) is 6.54 Å². The van der Waals surface area contributed by atoms with Gasteiger partial charge in [-0.1, -0.05) is 41.6 Å². The molecule has 0 bridgehead atoms. The molecule has 2 amide bonds. The number of nitrogens with one attached hydrogen (secondary N) is 2. The molecule has 0 aromatic heterocycles. The highest BCUT2D eigenvalue weighted by atomic mass is 19.4. The van der Waals surface area contributed by atoms with Gasteiger partial charge in [-0.15, -0.1) is 0 Å². The highest BCUT2D eigenvalue weighted by Gasteiger charge is 2.27. The van der Waals surface area contributed by atoms with Crippen LogP contribution >= 0.6 is 0 Å². The maximum Gasteiger partial charge on any atom is 0.405 e. The molecule has 2 aromatic rings. The minimum atomic E-state index is -4.53. The first kappa shape index (κ1) is 18.2. The van der Waals surface area contributed by atoms with Gasteiger partial charge in [-0.2, -0.15) is 13.2 Å². The van der Waals surface area contributed by atoms with Crippen LogP contribution < -0.4 is 10.6 Å². The van der Waals surface area contributed by atoms with Crippen LogP contribution in [0.25, 0.3) is 10.8 Å². The number of oxime groups is 1. The van der Waals surface area contributed by atoms with Crippen LogP contribution in [0.1, 0.15) is 15.9 Å². The Morgan fingerprint density at radius 1 is 1.12 bits per heavy atom. The Hall–Kier alpha value is -3.10. The number of carbonyl (C=O) groups is 2. The molecule has 0 radical (unpaired) electrons. The molecule has 25 heavy (non-hydrogen) atoms. The summed E-state index contributed by atoms with van der Waals surface area (Å²) in [6.07, 6.45) is -3.47. The molecule has 0 aliphatic rings. The third kappa shape index (κ3) is 4.93. The lowest BCUT2D eigenvalue weighted by Crippen LogP contribution is -2.41. The standard InChI is InChI=1S/C16H14F3N3O3/c17-16(18,19)9-21-13(23)8-20-15(24)14-11(7-22-25)6-5-10-3-1-2-4-12(10)14/h1-7,25H,8-9H2,(H,20,24)(H,21,23). The number of hydrogen-bond acceptors (Lipinski definition) is 4. The summed E-state index contributed by atoms with van der Waals surface area (Å²) < 4.78 is 36.2. The Bertz CT molecular complexity index is 819. The second kappa shape index (κ2) is 7.65. The lowest BCUT2D eigenvalue weighted by molar-refractivity contribution is -0.137. The third-order valence-electron chi connectivity index (χ3n) is 3.28. The van der Waals surface area contributed by atoms with E-state index in [4.69, 9.17) is 5.21 Å². The molecule has 2 aromatic carbocycles. The minimum absolute atomic E-state index is 0.152. The van der Waals surface area contributed by atoms with Gasteiger partial charge in [-0.25, -0.2) is 0 Å². The summed E-state index contributed by atoms with van der Waals surface area (Å²) in [7, 11) is 0. The fourth-order valence-corrected chi connectivity index (χ4v) is 2.22. The average Bonchev–Trinajstić information content (AvgIpc) is 2.57. The van der Waals surface area contributed by atoms with Crippen molar-refractivity contribution in [2.45, 2.75) is 6.18 Å². The van der Waals surface area contributed by atoms with Gasteiger partial charge in [0.15, 0.2) is 0 Å². The zero-order chi connectivity index (χ0) is 18.4. The van der Waals surface area contributed by atoms with Crippen molar-refractivity contribution in [1.29, 1.82) is 0 Å². The monoisotopic (exact) mass is 353 g/mol. The van der Waals surface area contributed by atoms with E-state index in [2.05, 4.69) is 10.5 Å². The van der Waals surface area contributed by atoms with Gasteiger partial charge in [0.25, 0.3) is 5.91 Å². The van der Waals surface area contributed by atoms with Crippen molar-refractivity contribution in [2.24, 2.45) is 5.16 Å². The number of halogens is 3. The van der Waals surface area contributed by atoms with Crippen molar-refractivity contribution in [3.05, 3.63) is 47.5 Å². The van der Waals surface area contributed by atoms with E-state index in [1.807, 2.05) is 0 Å². The van der Waals surface area contributed by atoms with Gasteiger partial charge < -0.3 is 15.8 Å². The van der Waals surface area contributed by atoms with Crippen molar-refractivity contribution in [2.75, 3.05) is 13.1 Å². The van der Waals surface area contributed by atoms with E-state index in [0.29, 0.717) is 10.9 Å². The predicted molar refractivity (Wildman–Crippen MR) is 84.7 cm³/mol. The number of fused-ring (bicyclic) bond motifs is 1. The quantitative estimate of drug-likeness (QED) is 0.437. The largest absolute Gasteiger partial charge is 0.411 e. The molecule has 6 nitrogen and oxygen atoms in total. The maximum absolute atomic E-state index is 12.4. The summed E-state index contributed by atoms with van der Waals surface area (Å²) in [5, 5.41) is 16.8. The molecular weight excluding hydrogens is 339 g/mol. The lowest BCUT2D eigenvalue weighted by Gasteiger charge is -2.12. The number of benzene rings is 2. The van der Waals surface area contributed by atoms with Crippen LogP contribution in [0.3, 0.4) is 0 Å². The van der Waals surface area contributed by atoms with Crippen molar-refractivity contribution < 1.29 is 28.0 Å². The van der Waals surface area contributed by atoms with Crippen molar-refractivity contribution in [3.63, 3.8) is 0 Å². The Morgan fingerprint density at radius 2 is 1.84 bits per heavy atom. The highest BCUT2D eigenvalue weighted by molar-refractivity contribution is 6.13. The summed E-state index contributed by atoms with van der Waals surface area (Å²) in [5.74, 6) is -1.64. The molecule has 0 atom stereocenters. The number of hydrogen-bond donors (Lipinski definition) is 3. The molecule has 3 N–H and O–H groups in total. The fraction of sp³-hybridized carbons (Fsp3) is 0.188. The van der Waals surface area contributed by atoms with Crippen molar-refractivity contribution in [3.8, 4) is 0 Å². The molecule has 0 saturated carbocycles. The van der Waals surface area contributed by atoms with Gasteiger partial charge in [0.2, 0.25) is 5.91 Å². The van der Waals surface area contributed by atoms with Crippen molar-refractivity contribution >= 4 is 28.8 Å². The zero-order valence-corrected chi connectivity index (χ0v) is 12.8. The van der Waals surface area contributed by atoms with E-state index >= 15 is 0 Å². The van der Waals surface area contributed by atoms with E-state index in [-0.39, 0.29) is 5.56 Å². The molecule has 9 heteroatoms. The number of amides is 2. The molecule has 0 saturated heterocycles. The fourth-order valence-electron chi connectivity index (χ4n) is 2.22. The van der Waals surface area contributed by atoms with Gasteiger partial charge in [0.05, 0.1) is 18.3 Å². The Kier molecular flexibility index (Phi) is 5.58. The van der Waals surface area contributed by atoms with Crippen LogP contribution in [0.5, 0.6) is 0 Å². The van der Waals surface area contributed by atoms with Crippen LogP contribution in [0, 0.1) is 0 Å². The number of rotatable bonds is 5. The second-order valence-electron chi connectivity index (χ2n) is 5.07. The molecule has 0 aliphatic carbocycles. The Morgan fingerprint density at radius 3 is 2.52 bits per heavy atom. The molecule has 0 unspecified atom stereocenters.